The maximum Gasteiger partial charge on any atom is 0.422 e. The van der Waals surface area contributed by atoms with Crippen LogP contribution < -0.4 is 4.74 Å². The SMILES string of the molecule is FC(F)(F)COc1ccns1. The van der Waals surface area contributed by atoms with E-state index in [0.29, 0.717) is 0 Å². The molecule has 0 amide bonds. The van der Waals surface area contributed by atoms with E-state index in [2.05, 4.69) is 9.11 Å². The summed E-state index contributed by atoms with van der Waals surface area (Å²) < 4.78 is 42.4. The number of rotatable bonds is 2. The second-order valence-electron chi connectivity index (χ2n) is 1.74. The normalized spacial score (nSPS) is 11.5. The molecule has 6 heteroatoms. The summed E-state index contributed by atoms with van der Waals surface area (Å²) in [7, 11) is 0. The number of halogens is 3. The Balaban J connectivity index is 2.35. The van der Waals surface area contributed by atoms with Crippen LogP contribution in [0.4, 0.5) is 13.2 Å². The van der Waals surface area contributed by atoms with E-state index in [0.717, 1.165) is 11.5 Å². The van der Waals surface area contributed by atoms with Gasteiger partial charge >= 0.3 is 6.18 Å². The van der Waals surface area contributed by atoms with E-state index in [1.807, 2.05) is 0 Å². The van der Waals surface area contributed by atoms with Gasteiger partial charge in [0.1, 0.15) is 0 Å². The monoisotopic (exact) mass is 183 g/mol. The van der Waals surface area contributed by atoms with Gasteiger partial charge in [-0.1, -0.05) is 0 Å². The number of aromatic nitrogens is 1. The van der Waals surface area contributed by atoms with E-state index in [1.54, 1.807) is 0 Å². The molecule has 0 saturated carbocycles. The molecule has 0 unspecified atom stereocenters. The lowest BCUT2D eigenvalue weighted by atomic mass is 10.7. The van der Waals surface area contributed by atoms with Crippen molar-refractivity contribution in [3.63, 3.8) is 0 Å². The van der Waals surface area contributed by atoms with Crippen molar-refractivity contribution in [2.45, 2.75) is 6.18 Å². The fraction of sp³-hybridized carbons (Fsp3) is 0.400. The van der Waals surface area contributed by atoms with Gasteiger partial charge in [-0.05, 0) is 0 Å². The van der Waals surface area contributed by atoms with Crippen LogP contribution in [0.3, 0.4) is 0 Å². The Morgan fingerprint density at radius 1 is 1.55 bits per heavy atom. The van der Waals surface area contributed by atoms with Gasteiger partial charge in [-0.3, -0.25) is 0 Å². The van der Waals surface area contributed by atoms with Crippen LogP contribution in [0.2, 0.25) is 0 Å². The van der Waals surface area contributed by atoms with Crippen LogP contribution in [0, 0.1) is 0 Å². The zero-order valence-electron chi connectivity index (χ0n) is 5.26. The first-order valence-electron chi connectivity index (χ1n) is 2.68. The highest BCUT2D eigenvalue weighted by atomic mass is 32.1. The van der Waals surface area contributed by atoms with E-state index < -0.39 is 12.8 Å². The van der Waals surface area contributed by atoms with E-state index >= 15 is 0 Å². The smallest absolute Gasteiger partial charge is 0.422 e. The molecule has 0 atom stereocenters. The summed E-state index contributed by atoms with van der Waals surface area (Å²) in [5.74, 6) is 0. The molecule has 2 nitrogen and oxygen atoms in total. The van der Waals surface area contributed by atoms with Crippen molar-refractivity contribution in [2.24, 2.45) is 0 Å². The molecule has 0 radical (unpaired) electrons. The molecule has 11 heavy (non-hydrogen) atoms. The van der Waals surface area contributed by atoms with E-state index in [1.165, 1.54) is 12.3 Å². The van der Waals surface area contributed by atoms with E-state index in [-0.39, 0.29) is 5.06 Å². The molecule has 0 spiro atoms. The van der Waals surface area contributed by atoms with Gasteiger partial charge in [-0.15, -0.1) is 0 Å². The Bertz CT molecular complexity index is 208. The Morgan fingerprint density at radius 2 is 2.27 bits per heavy atom. The highest BCUT2D eigenvalue weighted by Gasteiger charge is 2.28. The van der Waals surface area contributed by atoms with Gasteiger partial charge in [0.2, 0.25) is 0 Å². The fourth-order valence-electron chi connectivity index (χ4n) is 0.432. The molecule has 62 valence electrons. The first-order valence-corrected chi connectivity index (χ1v) is 3.45. The van der Waals surface area contributed by atoms with Crippen LogP contribution in [-0.4, -0.2) is 17.2 Å². The lowest BCUT2D eigenvalue weighted by Gasteiger charge is -2.05. The van der Waals surface area contributed by atoms with Crippen molar-refractivity contribution in [1.29, 1.82) is 0 Å². The molecule has 1 aromatic heterocycles. The number of hydrogen-bond donors (Lipinski definition) is 0. The summed E-state index contributed by atoms with van der Waals surface area (Å²) in [4.78, 5) is 0. The molecule has 0 aliphatic heterocycles. The Kier molecular flexibility index (Phi) is 2.33. The molecule has 1 aromatic rings. The first kappa shape index (κ1) is 8.32. The molecular weight excluding hydrogens is 179 g/mol. The van der Waals surface area contributed by atoms with Gasteiger partial charge in [-0.25, -0.2) is 0 Å². The lowest BCUT2D eigenvalue weighted by Crippen LogP contribution is -2.18. The molecule has 0 saturated heterocycles. The van der Waals surface area contributed by atoms with Crippen LogP contribution in [-0.2, 0) is 0 Å². The third-order valence-electron chi connectivity index (χ3n) is 0.792. The molecule has 0 N–H and O–H groups in total. The Morgan fingerprint density at radius 3 is 2.73 bits per heavy atom. The number of nitrogens with zero attached hydrogens (tertiary/aromatic N) is 1. The summed E-state index contributed by atoms with van der Waals surface area (Å²) in [5.41, 5.74) is 0. The van der Waals surface area contributed by atoms with Gasteiger partial charge < -0.3 is 4.74 Å². The topological polar surface area (TPSA) is 22.1 Å². The zero-order valence-corrected chi connectivity index (χ0v) is 6.08. The average molecular weight is 183 g/mol. The minimum Gasteiger partial charge on any atom is -0.473 e. The Labute approximate surface area is 64.8 Å². The zero-order chi connectivity index (χ0) is 8.32. The van der Waals surface area contributed by atoms with Crippen LogP contribution in [0.25, 0.3) is 0 Å². The minimum absolute atomic E-state index is 0.183. The first-order chi connectivity index (χ1) is 5.08. The number of alkyl halides is 3. The largest absolute Gasteiger partial charge is 0.473 e. The third-order valence-corrected chi connectivity index (χ3v) is 1.45. The molecule has 0 aromatic carbocycles. The summed E-state index contributed by atoms with van der Waals surface area (Å²) in [5, 5.41) is 0.183. The predicted molar refractivity (Wildman–Crippen MR) is 33.7 cm³/mol. The van der Waals surface area contributed by atoms with Crippen molar-refractivity contribution in [2.75, 3.05) is 6.61 Å². The van der Waals surface area contributed by atoms with Crippen molar-refractivity contribution in [3.8, 4) is 5.06 Å². The van der Waals surface area contributed by atoms with Gasteiger partial charge in [0.15, 0.2) is 11.7 Å². The van der Waals surface area contributed by atoms with Gasteiger partial charge in [0.05, 0.1) is 0 Å². The van der Waals surface area contributed by atoms with E-state index in [9.17, 15) is 13.2 Å². The minimum atomic E-state index is -4.27. The molecule has 1 heterocycles. The molecular formula is C5H4F3NOS. The maximum absolute atomic E-state index is 11.5. The summed E-state index contributed by atoms with van der Waals surface area (Å²) in [6, 6.07) is 1.39. The quantitative estimate of drug-likeness (QED) is 0.700. The summed E-state index contributed by atoms with van der Waals surface area (Å²) in [6.45, 7) is -1.25. The molecule has 1 rings (SSSR count). The molecule has 0 fully saturated rings. The lowest BCUT2D eigenvalue weighted by molar-refractivity contribution is -0.152. The number of ether oxygens (including phenoxy) is 1. The van der Waals surface area contributed by atoms with Crippen LogP contribution in [0.5, 0.6) is 5.06 Å². The molecule has 0 aliphatic rings. The highest BCUT2D eigenvalue weighted by Crippen LogP contribution is 2.20. The van der Waals surface area contributed by atoms with Crippen LogP contribution >= 0.6 is 11.5 Å². The Hall–Kier alpha value is -0.780. The summed E-state index contributed by atoms with van der Waals surface area (Å²) in [6.07, 6.45) is -2.89. The second-order valence-corrected chi connectivity index (χ2v) is 2.53. The average Bonchev–Trinajstić information content (AvgIpc) is 2.32. The van der Waals surface area contributed by atoms with Gasteiger partial charge in [0.25, 0.3) is 0 Å². The summed E-state index contributed by atoms with van der Waals surface area (Å²) >= 11 is 0.891. The molecule has 0 aliphatic carbocycles. The van der Waals surface area contributed by atoms with Crippen molar-refractivity contribution >= 4 is 11.5 Å². The third kappa shape index (κ3) is 3.22. The maximum atomic E-state index is 11.5. The van der Waals surface area contributed by atoms with E-state index in [4.69, 9.17) is 0 Å². The van der Waals surface area contributed by atoms with Crippen molar-refractivity contribution < 1.29 is 17.9 Å². The van der Waals surface area contributed by atoms with Gasteiger partial charge in [0, 0.05) is 23.8 Å². The van der Waals surface area contributed by atoms with Crippen LogP contribution in [0.1, 0.15) is 0 Å². The van der Waals surface area contributed by atoms with Crippen LogP contribution in [0.15, 0.2) is 12.3 Å². The number of hydrogen-bond acceptors (Lipinski definition) is 3. The van der Waals surface area contributed by atoms with Crippen molar-refractivity contribution in [1.82, 2.24) is 4.37 Å². The highest BCUT2D eigenvalue weighted by molar-refractivity contribution is 7.07. The van der Waals surface area contributed by atoms with Crippen molar-refractivity contribution in [3.05, 3.63) is 12.3 Å². The standard InChI is InChI=1S/C5H4F3NOS/c6-5(7,8)3-10-4-1-2-9-11-4/h1-2H,3H2. The second kappa shape index (κ2) is 3.08. The predicted octanol–water partition coefficient (Wildman–Crippen LogP) is 2.08. The fourth-order valence-corrected chi connectivity index (χ4v) is 0.890. The van der Waals surface area contributed by atoms with Gasteiger partial charge in [-0.2, -0.15) is 17.5 Å². The molecule has 0 bridgehead atoms.